The lowest BCUT2D eigenvalue weighted by Crippen LogP contribution is -2.34. The lowest BCUT2D eigenvalue weighted by atomic mass is 10.1. The van der Waals surface area contributed by atoms with E-state index in [9.17, 15) is 9.18 Å². The molecule has 1 atom stereocenters. The predicted molar refractivity (Wildman–Crippen MR) is 73.3 cm³/mol. The van der Waals surface area contributed by atoms with Crippen LogP contribution in [0.5, 0.6) is 0 Å². The Morgan fingerprint density at radius 2 is 2.26 bits per heavy atom. The van der Waals surface area contributed by atoms with E-state index in [-0.39, 0.29) is 17.8 Å². The van der Waals surface area contributed by atoms with Gasteiger partial charge in [0, 0.05) is 6.04 Å². The van der Waals surface area contributed by atoms with Gasteiger partial charge in [0.25, 0.3) is 5.91 Å². The number of nitrogens with one attached hydrogen (secondary N) is 2. The van der Waals surface area contributed by atoms with Crippen molar-refractivity contribution in [2.45, 2.75) is 19.4 Å². The summed E-state index contributed by atoms with van der Waals surface area (Å²) < 4.78 is 14.1. The van der Waals surface area contributed by atoms with Crippen molar-refractivity contribution in [2.24, 2.45) is 0 Å². The summed E-state index contributed by atoms with van der Waals surface area (Å²) in [4.78, 5) is 11.9. The number of aromatic amines is 1. The van der Waals surface area contributed by atoms with Crippen LogP contribution >= 0.6 is 15.9 Å². The molecule has 4 nitrogen and oxygen atoms in total. The summed E-state index contributed by atoms with van der Waals surface area (Å²) in [5, 5.41) is 9.15. The minimum absolute atomic E-state index is 0.181. The predicted octanol–water partition coefficient (Wildman–Crippen LogP) is 2.67. The fourth-order valence-electron chi connectivity index (χ4n) is 1.77. The maximum Gasteiger partial charge on any atom is 0.270 e. The standard InChI is InChI=1S/C13H13BrFN3O/c1-8(6-9-4-2-3-5-11(9)15)17-13(19)12-10(14)7-16-18-12/h2-5,7-8H,6H2,1H3,(H,16,18)(H,17,19). The summed E-state index contributed by atoms with van der Waals surface area (Å²) in [5.41, 5.74) is 0.944. The number of aromatic nitrogens is 2. The Hall–Kier alpha value is -1.69. The highest BCUT2D eigenvalue weighted by Crippen LogP contribution is 2.13. The number of carbonyl (C=O) groups excluding carboxylic acids is 1. The van der Waals surface area contributed by atoms with Crippen molar-refractivity contribution in [3.63, 3.8) is 0 Å². The number of rotatable bonds is 4. The third-order valence-corrected chi connectivity index (χ3v) is 3.28. The molecular formula is C13H13BrFN3O. The van der Waals surface area contributed by atoms with Gasteiger partial charge in [-0.3, -0.25) is 9.89 Å². The molecule has 0 fully saturated rings. The van der Waals surface area contributed by atoms with E-state index < -0.39 is 0 Å². The van der Waals surface area contributed by atoms with E-state index in [1.165, 1.54) is 12.3 Å². The third-order valence-electron chi connectivity index (χ3n) is 2.68. The van der Waals surface area contributed by atoms with E-state index in [0.717, 1.165) is 0 Å². The first kappa shape index (κ1) is 13.7. The average Bonchev–Trinajstić information content (AvgIpc) is 2.78. The normalized spacial score (nSPS) is 12.2. The molecule has 2 N–H and O–H groups in total. The second-order valence-corrected chi connectivity index (χ2v) is 5.12. The molecule has 0 radical (unpaired) electrons. The van der Waals surface area contributed by atoms with E-state index in [1.54, 1.807) is 18.2 Å². The highest BCUT2D eigenvalue weighted by molar-refractivity contribution is 9.10. The Balaban J connectivity index is 1.99. The molecule has 1 heterocycles. The molecule has 1 aromatic heterocycles. The zero-order valence-electron chi connectivity index (χ0n) is 10.3. The molecule has 0 aliphatic rings. The van der Waals surface area contributed by atoms with Crippen LogP contribution in [0.25, 0.3) is 0 Å². The molecule has 0 saturated heterocycles. The van der Waals surface area contributed by atoms with Gasteiger partial charge in [0.1, 0.15) is 11.5 Å². The molecule has 2 aromatic rings. The van der Waals surface area contributed by atoms with Crippen LogP contribution in [0.3, 0.4) is 0 Å². The quantitative estimate of drug-likeness (QED) is 0.908. The maximum atomic E-state index is 13.5. The summed E-state index contributed by atoms with van der Waals surface area (Å²) in [5.74, 6) is -0.528. The summed E-state index contributed by atoms with van der Waals surface area (Å²) in [6, 6.07) is 6.36. The number of carbonyl (C=O) groups is 1. The Kier molecular flexibility index (Phi) is 4.31. The fourth-order valence-corrected chi connectivity index (χ4v) is 2.14. The van der Waals surface area contributed by atoms with Crippen molar-refractivity contribution in [1.29, 1.82) is 0 Å². The lowest BCUT2D eigenvalue weighted by molar-refractivity contribution is 0.0934. The van der Waals surface area contributed by atoms with Gasteiger partial charge < -0.3 is 5.32 Å². The SMILES string of the molecule is CC(Cc1ccccc1F)NC(=O)c1[nH]ncc1Br. The number of halogens is 2. The second-order valence-electron chi connectivity index (χ2n) is 4.26. The molecule has 19 heavy (non-hydrogen) atoms. The zero-order chi connectivity index (χ0) is 13.8. The molecule has 2 rings (SSSR count). The molecule has 0 bridgehead atoms. The van der Waals surface area contributed by atoms with E-state index in [2.05, 4.69) is 31.4 Å². The number of amides is 1. The van der Waals surface area contributed by atoms with Crippen LogP contribution in [0.2, 0.25) is 0 Å². The van der Waals surface area contributed by atoms with Gasteiger partial charge in [-0.05, 0) is 40.9 Å². The van der Waals surface area contributed by atoms with Crippen LogP contribution in [0, 0.1) is 5.82 Å². The largest absolute Gasteiger partial charge is 0.348 e. The molecule has 1 aromatic carbocycles. The van der Waals surface area contributed by atoms with Crippen molar-refractivity contribution in [3.05, 3.63) is 52.0 Å². The van der Waals surface area contributed by atoms with Gasteiger partial charge >= 0.3 is 0 Å². The Morgan fingerprint density at radius 3 is 2.89 bits per heavy atom. The van der Waals surface area contributed by atoms with Gasteiger partial charge in [0.05, 0.1) is 10.7 Å². The summed E-state index contributed by atoms with van der Waals surface area (Å²) in [7, 11) is 0. The first-order chi connectivity index (χ1) is 9.08. The van der Waals surface area contributed by atoms with Crippen molar-refractivity contribution >= 4 is 21.8 Å². The summed E-state index contributed by atoms with van der Waals surface area (Å²) >= 11 is 3.22. The molecule has 1 amide bonds. The fraction of sp³-hybridized carbons (Fsp3) is 0.231. The number of hydrogen-bond donors (Lipinski definition) is 2. The maximum absolute atomic E-state index is 13.5. The lowest BCUT2D eigenvalue weighted by Gasteiger charge is -2.13. The molecule has 6 heteroatoms. The van der Waals surface area contributed by atoms with Gasteiger partial charge in [-0.2, -0.15) is 5.10 Å². The number of nitrogens with zero attached hydrogens (tertiary/aromatic N) is 1. The highest BCUT2D eigenvalue weighted by Gasteiger charge is 2.15. The number of benzene rings is 1. The smallest absolute Gasteiger partial charge is 0.270 e. The Labute approximate surface area is 118 Å². The van der Waals surface area contributed by atoms with E-state index in [4.69, 9.17) is 0 Å². The van der Waals surface area contributed by atoms with Crippen LogP contribution in [-0.4, -0.2) is 22.1 Å². The molecule has 100 valence electrons. The van der Waals surface area contributed by atoms with Gasteiger partial charge in [0.2, 0.25) is 0 Å². The third kappa shape index (κ3) is 3.41. The molecule has 0 aliphatic heterocycles. The van der Waals surface area contributed by atoms with Gasteiger partial charge in [0.15, 0.2) is 0 Å². The number of H-pyrrole nitrogens is 1. The van der Waals surface area contributed by atoms with Crippen LogP contribution in [-0.2, 0) is 6.42 Å². The van der Waals surface area contributed by atoms with Gasteiger partial charge in [-0.25, -0.2) is 4.39 Å². The molecular weight excluding hydrogens is 313 g/mol. The van der Waals surface area contributed by atoms with E-state index in [1.807, 2.05) is 6.92 Å². The minimum atomic E-state index is -0.270. The van der Waals surface area contributed by atoms with Crippen molar-refractivity contribution in [1.82, 2.24) is 15.5 Å². The summed E-state index contributed by atoms with van der Waals surface area (Å²) in [6.07, 6.45) is 1.95. The van der Waals surface area contributed by atoms with Crippen molar-refractivity contribution in [3.8, 4) is 0 Å². The van der Waals surface area contributed by atoms with E-state index >= 15 is 0 Å². The molecule has 0 saturated carbocycles. The van der Waals surface area contributed by atoms with Crippen molar-refractivity contribution in [2.75, 3.05) is 0 Å². The van der Waals surface area contributed by atoms with E-state index in [0.29, 0.717) is 22.2 Å². The average molecular weight is 326 g/mol. The summed E-state index contributed by atoms with van der Waals surface area (Å²) in [6.45, 7) is 1.83. The van der Waals surface area contributed by atoms with Crippen LogP contribution < -0.4 is 5.32 Å². The van der Waals surface area contributed by atoms with Crippen LogP contribution in [0.4, 0.5) is 4.39 Å². The van der Waals surface area contributed by atoms with Gasteiger partial charge in [-0.1, -0.05) is 18.2 Å². The monoisotopic (exact) mass is 325 g/mol. The Morgan fingerprint density at radius 1 is 1.53 bits per heavy atom. The zero-order valence-corrected chi connectivity index (χ0v) is 11.9. The minimum Gasteiger partial charge on any atom is -0.348 e. The second kappa shape index (κ2) is 5.97. The first-order valence-corrected chi connectivity index (χ1v) is 6.60. The molecule has 1 unspecified atom stereocenters. The first-order valence-electron chi connectivity index (χ1n) is 5.81. The molecule has 0 spiro atoms. The van der Waals surface area contributed by atoms with Crippen LogP contribution in [0.15, 0.2) is 34.9 Å². The number of hydrogen-bond acceptors (Lipinski definition) is 2. The van der Waals surface area contributed by atoms with Crippen LogP contribution in [0.1, 0.15) is 23.0 Å². The van der Waals surface area contributed by atoms with Gasteiger partial charge in [-0.15, -0.1) is 0 Å². The Bertz CT molecular complexity index is 585. The van der Waals surface area contributed by atoms with Crippen molar-refractivity contribution < 1.29 is 9.18 Å². The highest BCUT2D eigenvalue weighted by atomic mass is 79.9. The molecule has 0 aliphatic carbocycles. The topological polar surface area (TPSA) is 57.8 Å².